The number of hydrogen-bond donors (Lipinski definition) is 1. The number of piperazine rings is 1. The molecule has 1 aliphatic heterocycles. The highest BCUT2D eigenvalue weighted by atomic mass is 32.1. The molecule has 0 spiro atoms. The van der Waals surface area contributed by atoms with Crippen molar-refractivity contribution in [3.05, 3.63) is 88.4 Å². The molecule has 2 aromatic heterocycles. The molecule has 0 radical (unpaired) electrons. The van der Waals surface area contributed by atoms with Crippen LogP contribution in [-0.4, -0.2) is 52.0 Å². The number of thiophene rings is 1. The lowest BCUT2D eigenvalue weighted by molar-refractivity contribution is 0.0583. The van der Waals surface area contributed by atoms with Gasteiger partial charge in [-0.1, -0.05) is 36.4 Å². The molecule has 1 aliphatic rings. The molecule has 3 heterocycles. The van der Waals surface area contributed by atoms with Gasteiger partial charge in [-0.15, -0.1) is 11.3 Å². The molecule has 180 valence electrons. The molecule has 5 rings (SSSR count). The van der Waals surface area contributed by atoms with Crippen molar-refractivity contribution < 1.29 is 9.59 Å². The second kappa shape index (κ2) is 9.58. The summed E-state index contributed by atoms with van der Waals surface area (Å²) in [6, 6.07) is 20.0. The van der Waals surface area contributed by atoms with E-state index >= 15 is 0 Å². The van der Waals surface area contributed by atoms with Crippen molar-refractivity contribution in [1.82, 2.24) is 14.4 Å². The lowest BCUT2D eigenvalue weighted by Crippen LogP contribution is -2.56. The highest BCUT2D eigenvalue weighted by Crippen LogP contribution is 2.28. The summed E-state index contributed by atoms with van der Waals surface area (Å²) in [5, 5.41) is 6.16. The summed E-state index contributed by atoms with van der Waals surface area (Å²) in [5.41, 5.74) is 5.01. The minimum Gasteiger partial charge on any atom is -0.334 e. The van der Waals surface area contributed by atoms with Crippen LogP contribution in [0.5, 0.6) is 0 Å². The molecule has 0 saturated carbocycles. The average Bonchev–Trinajstić information content (AvgIpc) is 3.42. The molecule has 2 aromatic carbocycles. The van der Waals surface area contributed by atoms with Crippen molar-refractivity contribution >= 4 is 39.2 Å². The van der Waals surface area contributed by atoms with Gasteiger partial charge < -0.3 is 19.7 Å². The molecule has 1 fully saturated rings. The minimum atomic E-state index is -0.126. The number of benzene rings is 2. The zero-order valence-electron chi connectivity index (χ0n) is 20.3. The van der Waals surface area contributed by atoms with Crippen molar-refractivity contribution in [2.45, 2.75) is 33.4 Å². The zero-order valence-corrected chi connectivity index (χ0v) is 21.1. The van der Waals surface area contributed by atoms with Gasteiger partial charge in [-0.2, -0.15) is 0 Å². The van der Waals surface area contributed by atoms with E-state index in [0.717, 1.165) is 21.5 Å². The van der Waals surface area contributed by atoms with Crippen LogP contribution in [0, 0.1) is 13.8 Å². The van der Waals surface area contributed by atoms with Gasteiger partial charge in [-0.3, -0.25) is 4.79 Å². The highest BCUT2D eigenvalue weighted by Gasteiger charge is 2.32. The van der Waals surface area contributed by atoms with E-state index in [4.69, 9.17) is 0 Å². The number of carbonyl (C=O) groups is 2. The van der Waals surface area contributed by atoms with Gasteiger partial charge in [-0.05, 0) is 67.1 Å². The summed E-state index contributed by atoms with van der Waals surface area (Å²) < 4.78 is 2.14. The number of aryl methyl sites for hydroxylation is 2. The molecule has 0 aliphatic carbocycles. The normalized spacial score (nSPS) is 16.0. The third-order valence-corrected chi connectivity index (χ3v) is 7.71. The average molecular weight is 487 g/mol. The molecule has 1 atom stereocenters. The van der Waals surface area contributed by atoms with Gasteiger partial charge in [0.15, 0.2) is 0 Å². The molecule has 0 unspecified atom stereocenters. The summed E-state index contributed by atoms with van der Waals surface area (Å²) in [6.45, 7) is 8.27. The van der Waals surface area contributed by atoms with Gasteiger partial charge in [-0.25, -0.2) is 4.79 Å². The Balaban J connectivity index is 1.33. The SMILES string of the molecule is Cc1cccc(NC(=O)N2CCN(C(=O)c3cc4ccsc4n3Cc3ccccc3C)C[C@@H]2C)c1. The maximum atomic E-state index is 13.7. The number of carbonyl (C=O) groups excluding carboxylic acids is 2. The van der Waals surface area contributed by atoms with E-state index in [1.54, 1.807) is 11.3 Å². The number of aromatic nitrogens is 1. The van der Waals surface area contributed by atoms with Gasteiger partial charge >= 0.3 is 6.03 Å². The molecule has 35 heavy (non-hydrogen) atoms. The molecule has 4 aromatic rings. The molecule has 3 amide bonds. The monoisotopic (exact) mass is 486 g/mol. The number of nitrogens with one attached hydrogen (secondary N) is 1. The van der Waals surface area contributed by atoms with E-state index in [0.29, 0.717) is 31.9 Å². The fourth-order valence-electron chi connectivity index (χ4n) is 4.79. The van der Waals surface area contributed by atoms with Crippen LogP contribution in [-0.2, 0) is 6.54 Å². The number of nitrogens with zero attached hydrogens (tertiary/aromatic N) is 3. The van der Waals surface area contributed by atoms with Crippen molar-refractivity contribution in [1.29, 1.82) is 0 Å². The molecule has 1 N–H and O–H groups in total. The van der Waals surface area contributed by atoms with E-state index in [1.807, 2.05) is 66.1 Å². The van der Waals surface area contributed by atoms with E-state index in [9.17, 15) is 9.59 Å². The summed E-state index contributed by atoms with van der Waals surface area (Å²) in [7, 11) is 0. The van der Waals surface area contributed by atoms with E-state index in [-0.39, 0.29) is 18.0 Å². The third kappa shape index (κ3) is 4.68. The lowest BCUT2D eigenvalue weighted by atomic mass is 10.1. The Hall–Kier alpha value is -3.58. The van der Waals surface area contributed by atoms with Crippen molar-refractivity contribution in [3.8, 4) is 0 Å². The predicted octanol–water partition coefficient (Wildman–Crippen LogP) is 5.75. The molecular formula is C28H30N4O2S. The Bertz CT molecular complexity index is 1390. The number of rotatable bonds is 4. The molecule has 1 saturated heterocycles. The fourth-order valence-corrected chi connectivity index (χ4v) is 5.69. The van der Waals surface area contributed by atoms with Crippen LogP contribution >= 0.6 is 11.3 Å². The van der Waals surface area contributed by atoms with Gasteiger partial charge in [0.05, 0.1) is 0 Å². The maximum Gasteiger partial charge on any atom is 0.322 e. The summed E-state index contributed by atoms with van der Waals surface area (Å²) >= 11 is 1.66. The molecule has 0 bridgehead atoms. The van der Waals surface area contributed by atoms with Crippen LogP contribution in [0.15, 0.2) is 66.0 Å². The first-order chi connectivity index (χ1) is 16.9. The Morgan fingerprint density at radius 3 is 2.63 bits per heavy atom. The Morgan fingerprint density at radius 1 is 1.03 bits per heavy atom. The lowest BCUT2D eigenvalue weighted by Gasteiger charge is -2.39. The molecule has 6 nitrogen and oxygen atoms in total. The first kappa shape index (κ1) is 23.2. The number of anilines is 1. The van der Waals surface area contributed by atoms with Gasteiger partial charge in [0.2, 0.25) is 0 Å². The Kier molecular flexibility index (Phi) is 6.34. The van der Waals surface area contributed by atoms with Crippen LogP contribution in [0.1, 0.15) is 34.1 Å². The van der Waals surface area contributed by atoms with Crippen molar-refractivity contribution in [3.63, 3.8) is 0 Å². The smallest absolute Gasteiger partial charge is 0.322 e. The first-order valence-electron chi connectivity index (χ1n) is 12.0. The van der Waals surface area contributed by atoms with Gasteiger partial charge in [0.1, 0.15) is 10.5 Å². The number of amides is 3. The van der Waals surface area contributed by atoms with Crippen molar-refractivity contribution in [2.24, 2.45) is 0 Å². The van der Waals surface area contributed by atoms with E-state index in [1.165, 1.54) is 11.1 Å². The standard InChI is InChI=1S/C28H30N4O2S/c1-19-7-6-10-24(15-19)29-28(34)31-13-12-30(17-21(31)3)26(33)25-16-22-11-14-35-27(22)32(25)18-23-9-5-4-8-20(23)2/h4-11,14-16,21H,12-13,17-18H2,1-3H3,(H,29,34)/t21-/m0/s1. The zero-order chi connectivity index (χ0) is 24.5. The van der Waals surface area contributed by atoms with Gasteiger partial charge in [0, 0.05) is 43.3 Å². The van der Waals surface area contributed by atoms with E-state index < -0.39 is 0 Å². The quantitative estimate of drug-likeness (QED) is 0.400. The fraction of sp³-hybridized carbons (Fsp3) is 0.286. The largest absolute Gasteiger partial charge is 0.334 e. The number of urea groups is 1. The highest BCUT2D eigenvalue weighted by molar-refractivity contribution is 7.16. The minimum absolute atomic E-state index is 0.0209. The predicted molar refractivity (Wildman–Crippen MR) is 142 cm³/mol. The maximum absolute atomic E-state index is 13.7. The second-order valence-corrected chi connectivity index (χ2v) is 10.2. The van der Waals surface area contributed by atoms with Crippen LogP contribution < -0.4 is 5.32 Å². The number of fused-ring (bicyclic) bond motifs is 1. The molecule has 7 heteroatoms. The Morgan fingerprint density at radius 2 is 1.86 bits per heavy atom. The summed E-state index contributed by atoms with van der Waals surface area (Å²) in [6.07, 6.45) is 0. The summed E-state index contributed by atoms with van der Waals surface area (Å²) in [5.74, 6) is 0.0209. The Labute approximate surface area is 209 Å². The topological polar surface area (TPSA) is 57.6 Å². The second-order valence-electron chi connectivity index (χ2n) is 9.32. The van der Waals surface area contributed by atoms with Crippen LogP contribution in [0.4, 0.5) is 10.5 Å². The van der Waals surface area contributed by atoms with Crippen molar-refractivity contribution in [2.75, 3.05) is 25.0 Å². The van der Waals surface area contributed by atoms with Crippen LogP contribution in [0.2, 0.25) is 0 Å². The van der Waals surface area contributed by atoms with Crippen LogP contribution in [0.3, 0.4) is 0 Å². The van der Waals surface area contributed by atoms with Crippen LogP contribution in [0.25, 0.3) is 10.2 Å². The van der Waals surface area contributed by atoms with E-state index in [2.05, 4.69) is 40.4 Å². The first-order valence-corrected chi connectivity index (χ1v) is 12.8. The molecular weight excluding hydrogens is 456 g/mol. The summed E-state index contributed by atoms with van der Waals surface area (Å²) in [4.78, 5) is 31.4. The van der Waals surface area contributed by atoms with Gasteiger partial charge in [0.25, 0.3) is 5.91 Å². The number of hydrogen-bond acceptors (Lipinski definition) is 3. The third-order valence-electron chi connectivity index (χ3n) is 6.76.